The van der Waals surface area contributed by atoms with Crippen molar-refractivity contribution in [1.29, 1.82) is 0 Å². The Hall–Kier alpha value is -3.21. The SMILES string of the molecule is O=C=C1C(C(=O)[O-])=CC=CC1c1ncc[nH]1.O=C=C1C(C(=O)[O-])=CC=CC1c1ncc[nH]1.[Ba+2]. The first-order chi connectivity index (χ1) is 15.5. The van der Waals surface area contributed by atoms with E-state index in [4.69, 9.17) is 0 Å². The number of aliphatic carboxylic acids is 2. The average Bonchev–Trinajstić information content (AvgIpc) is 3.52. The summed E-state index contributed by atoms with van der Waals surface area (Å²) in [6.07, 6.45) is 15.3. The second-order valence-electron chi connectivity index (χ2n) is 6.44. The van der Waals surface area contributed by atoms with Gasteiger partial charge in [-0.1, -0.05) is 36.5 Å². The molecule has 160 valence electrons. The Morgan fingerprint density at radius 3 is 1.45 bits per heavy atom. The van der Waals surface area contributed by atoms with Gasteiger partial charge in [0.15, 0.2) is 0 Å². The Balaban J connectivity index is 0.000000227. The molecule has 0 saturated heterocycles. The maximum absolute atomic E-state index is 10.8. The zero-order valence-corrected chi connectivity index (χ0v) is 21.4. The molecule has 0 spiro atoms. The minimum absolute atomic E-state index is 0. The molecule has 2 unspecified atom stereocenters. The van der Waals surface area contributed by atoms with Crippen molar-refractivity contribution in [1.82, 2.24) is 19.9 Å². The van der Waals surface area contributed by atoms with Gasteiger partial charge in [-0.25, -0.2) is 19.6 Å². The minimum Gasteiger partial charge on any atom is -0.545 e. The first-order valence-corrected chi connectivity index (χ1v) is 9.16. The maximum atomic E-state index is 10.8. The van der Waals surface area contributed by atoms with Gasteiger partial charge in [0, 0.05) is 35.9 Å². The number of carboxylic acids is 2. The molecule has 0 amide bonds. The number of nitrogens with zero attached hydrogens (tertiary/aromatic N) is 2. The van der Waals surface area contributed by atoms with Gasteiger partial charge < -0.3 is 29.8 Å². The van der Waals surface area contributed by atoms with Crippen LogP contribution < -0.4 is 10.2 Å². The largest absolute Gasteiger partial charge is 2.00 e. The van der Waals surface area contributed by atoms with E-state index in [1.807, 2.05) is 0 Å². The summed E-state index contributed by atoms with van der Waals surface area (Å²) in [5.74, 6) is 0.486. The van der Waals surface area contributed by atoms with Crippen LogP contribution in [0.15, 0.2) is 83.5 Å². The number of hydrogen-bond acceptors (Lipinski definition) is 8. The van der Waals surface area contributed by atoms with Gasteiger partial charge in [0.25, 0.3) is 0 Å². The van der Waals surface area contributed by atoms with Crippen molar-refractivity contribution in [2.75, 3.05) is 0 Å². The van der Waals surface area contributed by atoms with Crippen LogP contribution in [0.1, 0.15) is 23.5 Å². The van der Waals surface area contributed by atoms with Gasteiger partial charge in [-0.3, -0.25) is 0 Å². The number of hydrogen-bond donors (Lipinski definition) is 2. The summed E-state index contributed by atoms with van der Waals surface area (Å²) in [7, 11) is 0. The average molecular weight is 568 g/mol. The summed E-state index contributed by atoms with van der Waals surface area (Å²) >= 11 is 0. The van der Waals surface area contributed by atoms with Crippen LogP contribution in [0.3, 0.4) is 0 Å². The maximum Gasteiger partial charge on any atom is 2.00 e. The normalized spacial score (nSPS) is 18.5. The third-order valence-corrected chi connectivity index (χ3v) is 4.62. The van der Waals surface area contributed by atoms with Crippen molar-refractivity contribution in [3.8, 4) is 0 Å². The Kier molecular flexibility index (Phi) is 9.59. The summed E-state index contributed by atoms with van der Waals surface area (Å²) in [6.45, 7) is 0. The number of aromatic nitrogens is 4. The first kappa shape index (κ1) is 26.0. The fourth-order valence-electron chi connectivity index (χ4n) is 3.18. The van der Waals surface area contributed by atoms with E-state index in [0.29, 0.717) is 11.6 Å². The zero-order chi connectivity index (χ0) is 23.1. The monoisotopic (exact) mass is 568 g/mol. The topological polar surface area (TPSA) is 172 Å². The first-order valence-electron chi connectivity index (χ1n) is 9.16. The van der Waals surface area contributed by atoms with Crippen LogP contribution in [0, 0.1) is 0 Å². The van der Waals surface area contributed by atoms with Gasteiger partial charge in [0.05, 0.1) is 34.9 Å². The molecular formula is C22H14BaN4O6. The van der Waals surface area contributed by atoms with E-state index in [0.717, 1.165) is 0 Å². The van der Waals surface area contributed by atoms with E-state index in [9.17, 15) is 29.4 Å². The summed E-state index contributed by atoms with van der Waals surface area (Å²) in [5.41, 5.74) is -0.257. The van der Waals surface area contributed by atoms with Crippen LogP contribution in [0.2, 0.25) is 0 Å². The molecule has 0 bridgehead atoms. The van der Waals surface area contributed by atoms with Gasteiger partial charge in [0.1, 0.15) is 23.5 Å². The number of imidazole rings is 2. The molecule has 0 aromatic carbocycles. The molecule has 0 saturated carbocycles. The van der Waals surface area contributed by atoms with Crippen LogP contribution in [0.25, 0.3) is 0 Å². The molecule has 10 nitrogen and oxygen atoms in total. The predicted octanol–water partition coefficient (Wildman–Crippen LogP) is -1.39. The summed E-state index contributed by atoms with van der Waals surface area (Å²) in [6, 6.07) is 0. The zero-order valence-electron chi connectivity index (χ0n) is 17.0. The molecule has 33 heavy (non-hydrogen) atoms. The molecule has 2 heterocycles. The summed E-state index contributed by atoms with van der Waals surface area (Å²) < 4.78 is 0. The number of H-pyrrole nitrogens is 2. The number of rotatable bonds is 4. The molecule has 2 aliphatic carbocycles. The van der Waals surface area contributed by atoms with Crippen LogP contribution in [-0.2, 0) is 19.2 Å². The van der Waals surface area contributed by atoms with E-state index in [1.165, 1.54) is 24.5 Å². The standard InChI is InChI=1S/2C11H8N2O3.Ba/c2*14-6-9-7(10-12-4-5-13-10)2-1-3-8(9)11(15)16;/h2*1-5,7H,(H,12,13)(H,15,16);/q;;+2/p-2. The van der Waals surface area contributed by atoms with Gasteiger partial charge in [-0.2, -0.15) is 0 Å². The third-order valence-electron chi connectivity index (χ3n) is 4.62. The molecule has 2 aromatic heterocycles. The summed E-state index contributed by atoms with van der Waals surface area (Å²) in [5, 5.41) is 21.6. The van der Waals surface area contributed by atoms with E-state index < -0.39 is 23.8 Å². The van der Waals surface area contributed by atoms with Crippen molar-refractivity contribution in [3.05, 3.63) is 95.2 Å². The molecule has 0 fully saturated rings. The van der Waals surface area contributed by atoms with Crippen molar-refractivity contribution >= 4 is 72.7 Å². The van der Waals surface area contributed by atoms with Gasteiger partial charge in [-0.05, 0) is 0 Å². The van der Waals surface area contributed by atoms with E-state index in [1.54, 1.807) is 48.6 Å². The van der Waals surface area contributed by atoms with E-state index >= 15 is 0 Å². The smallest absolute Gasteiger partial charge is 0.545 e. The van der Waals surface area contributed by atoms with E-state index in [-0.39, 0.29) is 71.2 Å². The van der Waals surface area contributed by atoms with Crippen LogP contribution >= 0.6 is 0 Å². The number of aromatic amines is 2. The molecule has 2 atom stereocenters. The third kappa shape index (κ3) is 5.98. The number of carbonyl (C=O) groups excluding carboxylic acids is 4. The van der Waals surface area contributed by atoms with Crippen molar-refractivity contribution < 1.29 is 29.4 Å². The number of allylic oxidation sites excluding steroid dienone is 6. The fourth-order valence-corrected chi connectivity index (χ4v) is 3.18. The molecule has 0 aliphatic heterocycles. The van der Waals surface area contributed by atoms with Crippen LogP contribution in [-0.4, -0.2) is 92.6 Å². The van der Waals surface area contributed by atoms with Crippen LogP contribution in [0.4, 0.5) is 0 Å². The van der Waals surface area contributed by atoms with Gasteiger partial charge in [0.2, 0.25) is 0 Å². The molecule has 2 N–H and O–H groups in total. The van der Waals surface area contributed by atoms with Gasteiger partial charge >= 0.3 is 48.9 Å². The molecule has 2 aliphatic rings. The Bertz CT molecular complexity index is 1140. The van der Waals surface area contributed by atoms with Crippen LogP contribution in [0.5, 0.6) is 0 Å². The quantitative estimate of drug-likeness (QED) is 0.336. The van der Waals surface area contributed by atoms with E-state index in [2.05, 4.69) is 19.9 Å². The van der Waals surface area contributed by atoms with Crippen molar-refractivity contribution in [3.63, 3.8) is 0 Å². The Morgan fingerprint density at radius 2 is 1.18 bits per heavy atom. The predicted molar refractivity (Wildman–Crippen MR) is 111 cm³/mol. The second kappa shape index (κ2) is 12.1. The number of carboxylic acid groups (broad SMARTS) is 2. The number of nitrogens with one attached hydrogen (secondary N) is 2. The summed E-state index contributed by atoms with van der Waals surface area (Å²) in [4.78, 5) is 56.8. The molecule has 4 rings (SSSR count). The molecule has 0 radical (unpaired) electrons. The van der Waals surface area contributed by atoms with Gasteiger partial charge in [-0.15, -0.1) is 0 Å². The fraction of sp³-hybridized carbons (Fsp3) is 0.0909. The Morgan fingerprint density at radius 1 is 0.788 bits per heavy atom. The second-order valence-corrected chi connectivity index (χ2v) is 6.44. The van der Waals surface area contributed by atoms with Crippen molar-refractivity contribution in [2.24, 2.45) is 0 Å². The Labute approximate surface area is 227 Å². The minimum atomic E-state index is -1.39. The molecule has 11 heteroatoms. The molecular weight excluding hydrogens is 554 g/mol. The van der Waals surface area contributed by atoms with Crippen molar-refractivity contribution in [2.45, 2.75) is 11.8 Å². The molecule has 2 aromatic rings. The number of carbonyl (C=O) groups is 2.